The molecule has 1 heterocycles. The highest BCUT2D eigenvalue weighted by Crippen LogP contribution is 2.38. The zero-order chi connectivity index (χ0) is 17.2. The Bertz CT molecular complexity index is 386. The summed E-state index contributed by atoms with van der Waals surface area (Å²) < 4.78 is 11.9. The maximum atomic E-state index is 12.0. The van der Waals surface area contributed by atoms with Gasteiger partial charge in [0.15, 0.2) is 8.32 Å². The number of hydrogen-bond donors (Lipinski definition) is 2. The lowest BCUT2D eigenvalue weighted by Gasteiger charge is -2.43. The topological polar surface area (TPSA) is 59.6 Å². The van der Waals surface area contributed by atoms with E-state index in [0.29, 0.717) is 0 Å². The van der Waals surface area contributed by atoms with Crippen LogP contribution in [0, 0.1) is 0 Å². The van der Waals surface area contributed by atoms with Crippen LogP contribution >= 0.6 is 0 Å². The molecule has 0 spiro atoms. The Morgan fingerprint density at radius 1 is 1.18 bits per heavy atom. The summed E-state index contributed by atoms with van der Waals surface area (Å²) in [5, 5.41) is 6.46. The molecule has 0 aromatic carbocycles. The molecule has 2 N–H and O–H groups in total. The first-order valence-electron chi connectivity index (χ1n) is 8.20. The fourth-order valence-corrected chi connectivity index (χ4v) is 3.53. The molecule has 0 radical (unpaired) electrons. The van der Waals surface area contributed by atoms with E-state index in [2.05, 4.69) is 44.5 Å². The number of piperidine rings is 1. The summed E-state index contributed by atoms with van der Waals surface area (Å²) in [5.41, 5.74) is -0.484. The van der Waals surface area contributed by atoms with E-state index in [1.807, 2.05) is 20.8 Å². The minimum atomic E-state index is -1.85. The van der Waals surface area contributed by atoms with E-state index in [9.17, 15) is 4.79 Å². The molecule has 6 heteroatoms. The first-order chi connectivity index (χ1) is 9.82. The summed E-state index contributed by atoms with van der Waals surface area (Å²) in [6.45, 7) is 18.5. The van der Waals surface area contributed by atoms with Gasteiger partial charge in [-0.2, -0.15) is 0 Å². The average molecular weight is 331 g/mol. The van der Waals surface area contributed by atoms with E-state index >= 15 is 0 Å². The van der Waals surface area contributed by atoms with Gasteiger partial charge in [-0.15, -0.1) is 0 Å². The molecule has 22 heavy (non-hydrogen) atoms. The Hall–Kier alpha value is -0.593. The fourth-order valence-electron chi connectivity index (χ4n) is 2.13. The first kappa shape index (κ1) is 19.5. The highest BCUT2D eigenvalue weighted by molar-refractivity contribution is 6.74. The molecule has 1 saturated heterocycles. The summed E-state index contributed by atoms with van der Waals surface area (Å²) in [4.78, 5) is 12.0. The predicted octanol–water partition coefficient (Wildman–Crippen LogP) is 3.26. The number of ether oxygens (including phenoxy) is 1. The van der Waals surface area contributed by atoms with E-state index in [0.717, 1.165) is 19.5 Å². The van der Waals surface area contributed by atoms with Gasteiger partial charge in [-0.25, -0.2) is 4.79 Å². The quantitative estimate of drug-likeness (QED) is 0.780. The van der Waals surface area contributed by atoms with Gasteiger partial charge in [-0.3, -0.25) is 0 Å². The number of hydrogen-bond acceptors (Lipinski definition) is 4. The SMILES string of the molecule is CC(C)(C)OC(=O)N[C@H]1CNCC[C@@H]1O[Si](C)(C)C(C)(C)C. The van der Waals surface area contributed by atoms with E-state index < -0.39 is 13.9 Å². The van der Waals surface area contributed by atoms with Crippen LogP contribution in [0.2, 0.25) is 18.1 Å². The van der Waals surface area contributed by atoms with Crippen molar-refractivity contribution in [3.63, 3.8) is 0 Å². The smallest absolute Gasteiger partial charge is 0.408 e. The number of amides is 1. The molecule has 1 aliphatic rings. The second kappa shape index (κ2) is 6.89. The molecule has 0 saturated carbocycles. The zero-order valence-corrected chi connectivity index (χ0v) is 16.5. The third kappa shape index (κ3) is 5.89. The van der Waals surface area contributed by atoms with E-state index in [4.69, 9.17) is 9.16 Å². The number of alkyl carbamates (subject to hydrolysis) is 1. The molecular weight excluding hydrogens is 296 g/mol. The Labute approximate surface area is 136 Å². The third-order valence-electron chi connectivity index (χ3n) is 4.37. The van der Waals surface area contributed by atoms with Gasteiger partial charge >= 0.3 is 6.09 Å². The molecule has 0 aromatic rings. The van der Waals surface area contributed by atoms with Crippen molar-refractivity contribution in [2.45, 2.75) is 83.8 Å². The molecule has 0 aromatic heterocycles. The van der Waals surface area contributed by atoms with Crippen molar-refractivity contribution in [1.29, 1.82) is 0 Å². The molecule has 0 bridgehead atoms. The van der Waals surface area contributed by atoms with Crippen molar-refractivity contribution in [3.05, 3.63) is 0 Å². The van der Waals surface area contributed by atoms with E-state index in [1.54, 1.807) is 0 Å². The van der Waals surface area contributed by atoms with Crippen molar-refractivity contribution in [2.24, 2.45) is 0 Å². The lowest BCUT2D eigenvalue weighted by Crippen LogP contribution is -2.58. The van der Waals surface area contributed by atoms with Crippen LogP contribution in [0.1, 0.15) is 48.0 Å². The molecule has 130 valence electrons. The number of nitrogens with one attached hydrogen (secondary N) is 2. The normalized spacial score (nSPS) is 24.0. The third-order valence-corrected chi connectivity index (χ3v) is 8.88. The minimum absolute atomic E-state index is 0.0438. The Morgan fingerprint density at radius 2 is 1.77 bits per heavy atom. The lowest BCUT2D eigenvalue weighted by atomic mass is 10.0. The average Bonchev–Trinajstić information content (AvgIpc) is 2.27. The molecule has 1 aliphatic heterocycles. The largest absolute Gasteiger partial charge is 0.444 e. The summed E-state index contributed by atoms with van der Waals surface area (Å²) in [5.74, 6) is 0. The van der Waals surface area contributed by atoms with Gasteiger partial charge < -0.3 is 19.8 Å². The minimum Gasteiger partial charge on any atom is -0.444 e. The van der Waals surface area contributed by atoms with Crippen LogP contribution in [-0.2, 0) is 9.16 Å². The van der Waals surface area contributed by atoms with Gasteiger partial charge in [0.25, 0.3) is 0 Å². The molecule has 1 rings (SSSR count). The maximum Gasteiger partial charge on any atom is 0.408 e. The summed E-state index contributed by atoms with van der Waals surface area (Å²) in [7, 11) is -1.85. The van der Waals surface area contributed by atoms with Crippen molar-refractivity contribution in [2.75, 3.05) is 13.1 Å². The highest BCUT2D eigenvalue weighted by atomic mass is 28.4. The predicted molar refractivity (Wildman–Crippen MR) is 92.7 cm³/mol. The van der Waals surface area contributed by atoms with Crippen LogP contribution in [0.15, 0.2) is 0 Å². The van der Waals surface area contributed by atoms with E-state index in [1.165, 1.54) is 0 Å². The maximum absolute atomic E-state index is 12.0. The second-order valence-electron chi connectivity index (χ2n) is 8.66. The number of rotatable bonds is 3. The van der Waals surface area contributed by atoms with Gasteiger partial charge in [-0.1, -0.05) is 20.8 Å². The second-order valence-corrected chi connectivity index (χ2v) is 13.4. The molecule has 1 fully saturated rings. The molecule has 2 atom stereocenters. The Kier molecular flexibility index (Phi) is 6.09. The number of carbonyl (C=O) groups excluding carboxylic acids is 1. The van der Waals surface area contributed by atoms with Crippen molar-refractivity contribution < 1.29 is 14.0 Å². The Balaban J connectivity index is 2.70. The first-order valence-corrected chi connectivity index (χ1v) is 11.1. The van der Waals surface area contributed by atoms with Crippen LogP contribution < -0.4 is 10.6 Å². The summed E-state index contributed by atoms with van der Waals surface area (Å²) in [6, 6.07) is -0.0438. The van der Waals surface area contributed by atoms with Crippen LogP contribution in [0.25, 0.3) is 0 Å². The molecule has 1 amide bonds. The highest BCUT2D eigenvalue weighted by Gasteiger charge is 2.41. The molecule has 0 aliphatic carbocycles. The van der Waals surface area contributed by atoms with E-state index in [-0.39, 0.29) is 23.3 Å². The van der Waals surface area contributed by atoms with Crippen molar-refractivity contribution in [3.8, 4) is 0 Å². The number of carbonyl (C=O) groups is 1. The van der Waals surface area contributed by atoms with Gasteiger partial charge in [0, 0.05) is 6.54 Å². The Morgan fingerprint density at radius 3 is 2.27 bits per heavy atom. The van der Waals surface area contributed by atoms with Gasteiger partial charge in [0.1, 0.15) is 5.60 Å². The van der Waals surface area contributed by atoms with Crippen LogP contribution in [0.4, 0.5) is 4.79 Å². The van der Waals surface area contributed by atoms with Gasteiger partial charge in [0.05, 0.1) is 12.1 Å². The molecule has 5 nitrogen and oxygen atoms in total. The van der Waals surface area contributed by atoms with Crippen molar-refractivity contribution >= 4 is 14.4 Å². The molecule has 0 unspecified atom stereocenters. The van der Waals surface area contributed by atoms with Crippen LogP contribution in [0.3, 0.4) is 0 Å². The summed E-state index contributed by atoms with van der Waals surface area (Å²) in [6.07, 6.45) is 0.590. The van der Waals surface area contributed by atoms with Crippen LogP contribution in [0.5, 0.6) is 0 Å². The van der Waals surface area contributed by atoms with Crippen LogP contribution in [-0.4, -0.2) is 45.2 Å². The fraction of sp³-hybridized carbons (Fsp3) is 0.938. The monoisotopic (exact) mass is 330 g/mol. The van der Waals surface area contributed by atoms with Gasteiger partial charge in [-0.05, 0) is 51.9 Å². The standard InChI is InChI=1S/C16H34N2O3Si/c1-15(2,3)20-14(19)18-12-11-17-10-9-13(12)21-22(7,8)16(4,5)6/h12-13,17H,9-11H2,1-8H3,(H,18,19)/t12-,13-/m0/s1. The lowest BCUT2D eigenvalue weighted by molar-refractivity contribution is 0.0400. The van der Waals surface area contributed by atoms with Gasteiger partial charge in [0.2, 0.25) is 0 Å². The zero-order valence-electron chi connectivity index (χ0n) is 15.5. The molecular formula is C16H34N2O3Si. The summed E-state index contributed by atoms with van der Waals surface area (Å²) >= 11 is 0. The van der Waals surface area contributed by atoms with Crippen molar-refractivity contribution in [1.82, 2.24) is 10.6 Å².